The van der Waals surface area contributed by atoms with Gasteiger partial charge in [-0.25, -0.2) is 9.18 Å². The first kappa shape index (κ1) is 28.7. The van der Waals surface area contributed by atoms with Crippen LogP contribution in [0, 0.1) is 19.7 Å². The van der Waals surface area contributed by atoms with E-state index in [0.717, 1.165) is 6.07 Å². The van der Waals surface area contributed by atoms with Gasteiger partial charge in [-0.3, -0.25) is 14.4 Å². The van der Waals surface area contributed by atoms with Gasteiger partial charge in [0, 0.05) is 24.2 Å². The fourth-order valence-electron chi connectivity index (χ4n) is 4.18. The quantitative estimate of drug-likeness (QED) is 0.369. The smallest absolute Gasteiger partial charge is 0.327 e. The average molecular weight is 582 g/mol. The summed E-state index contributed by atoms with van der Waals surface area (Å²) in [6.45, 7) is 2.74. The summed E-state index contributed by atoms with van der Waals surface area (Å²) in [7, 11) is 0. The summed E-state index contributed by atoms with van der Waals surface area (Å²) >= 11 is 6.18. The molecule has 1 aliphatic heterocycles. The Morgan fingerprint density at radius 2 is 1.77 bits per heavy atom. The van der Waals surface area contributed by atoms with Crippen LogP contribution in [0.4, 0.5) is 23.2 Å². The Balaban J connectivity index is 1.60. The van der Waals surface area contributed by atoms with Crippen LogP contribution < -0.4 is 20.1 Å². The van der Waals surface area contributed by atoms with Gasteiger partial charge in [-0.1, -0.05) is 34.9 Å². The molecule has 1 aromatic heterocycles. The Bertz CT molecular complexity index is 1570. The SMILES string of the molecule is Cc1c(C)c(=O)[nH][n+](OC(=O)C(F)(F)F)c1Cc1ccc(F)c(C(=O)N2CCN(c3ccccc3Cl)C(=O)C2)c1. The molecule has 1 saturated heterocycles. The second kappa shape index (κ2) is 11.1. The van der Waals surface area contributed by atoms with Crippen LogP contribution in [0.15, 0.2) is 47.3 Å². The van der Waals surface area contributed by atoms with Crippen LogP contribution in [0.25, 0.3) is 0 Å². The summed E-state index contributed by atoms with van der Waals surface area (Å²) in [5.74, 6) is -4.62. The predicted octanol–water partition coefficient (Wildman–Crippen LogP) is 2.67. The molecule has 1 fully saturated rings. The summed E-state index contributed by atoms with van der Waals surface area (Å²) in [5, 5.41) is 2.41. The molecule has 2 amide bonds. The number of benzene rings is 2. The monoisotopic (exact) mass is 581 g/mol. The molecular formula is C26H22ClF4N4O5+. The number of aromatic nitrogens is 2. The number of hydrogen-bond acceptors (Lipinski definition) is 5. The lowest BCUT2D eigenvalue weighted by atomic mass is 10.0. The minimum absolute atomic E-state index is 0.0387. The molecule has 14 heteroatoms. The zero-order chi connectivity index (χ0) is 29.4. The molecule has 3 aromatic rings. The lowest BCUT2D eigenvalue weighted by Crippen LogP contribution is -2.58. The number of aromatic amines is 1. The summed E-state index contributed by atoms with van der Waals surface area (Å²) in [5.41, 5.74) is -0.0679. The third kappa shape index (κ3) is 5.83. The fraction of sp³-hybridized carbons (Fsp3) is 0.269. The molecule has 0 atom stereocenters. The average Bonchev–Trinajstić information content (AvgIpc) is 2.90. The number of carbonyl (C=O) groups is 3. The van der Waals surface area contributed by atoms with Gasteiger partial charge in [0.25, 0.3) is 11.6 Å². The lowest BCUT2D eigenvalue weighted by molar-refractivity contribution is -0.921. The number of para-hydroxylation sites is 1. The van der Waals surface area contributed by atoms with Crippen LogP contribution in [-0.2, 0) is 16.0 Å². The van der Waals surface area contributed by atoms with E-state index in [2.05, 4.69) is 9.94 Å². The highest BCUT2D eigenvalue weighted by atomic mass is 35.5. The molecule has 210 valence electrons. The maximum Gasteiger partial charge on any atom is 0.498 e. The zero-order valence-corrected chi connectivity index (χ0v) is 21.9. The van der Waals surface area contributed by atoms with Crippen LogP contribution in [0.3, 0.4) is 0 Å². The number of piperazine rings is 1. The number of hydrogen-bond donors (Lipinski definition) is 1. The fourth-order valence-corrected chi connectivity index (χ4v) is 4.42. The van der Waals surface area contributed by atoms with E-state index in [9.17, 15) is 36.7 Å². The molecule has 0 unspecified atom stereocenters. The van der Waals surface area contributed by atoms with Crippen LogP contribution in [0.2, 0.25) is 5.02 Å². The number of amides is 2. The summed E-state index contributed by atoms with van der Waals surface area (Å²) in [6, 6.07) is 10.2. The topological polar surface area (TPSA) is 104 Å². The number of halogens is 5. The van der Waals surface area contributed by atoms with Gasteiger partial charge >= 0.3 is 17.7 Å². The summed E-state index contributed by atoms with van der Waals surface area (Å²) < 4.78 is 53.2. The van der Waals surface area contributed by atoms with Crippen molar-refractivity contribution >= 4 is 35.1 Å². The van der Waals surface area contributed by atoms with Gasteiger partial charge in [0.1, 0.15) is 17.2 Å². The summed E-state index contributed by atoms with van der Waals surface area (Å²) in [4.78, 5) is 56.9. The van der Waals surface area contributed by atoms with Gasteiger partial charge in [0.05, 0.1) is 22.7 Å². The Hall–Kier alpha value is -4.26. The van der Waals surface area contributed by atoms with Gasteiger partial charge in [-0.15, -0.1) is 0 Å². The number of carbonyl (C=O) groups excluding carboxylic acids is 3. The van der Waals surface area contributed by atoms with E-state index in [1.807, 2.05) is 0 Å². The van der Waals surface area contributed by atoms with Gasteiger partial charge in [0.15, 0.2) is 0 Å². The maximum absolute atomic E-state index is 14.8. The Morgan fingerprint density at radius 3 is 2.42 bits per heavy atom. The van der Waals surface area contributed by atoms with Gasteiger partial charge in [-0.2, -0.15) is 18.0 Å². The molecule has 0 aliphatic carbocycles. The number of nitrogens with zero attached hydrogens (tertiary/aromatic N) is 3. The molecule has 4 rings (SSSR count). The van der Waals surface area contributed by atoms with E-state index in [4.69, 9.17) is 11.6 Å². The van der Waals surface area contributed by atoms with Crippen molar-refractivity contribution in [3.63, 3.8) is 0 Å². The zero-order valence-electron chi connectivity index (χ0n) is 21.1. The minimum Gasteiger partial charge on any atom is -0.327 e. The highest BCUT2D eigenvalue weighted by Crippen LogP contribution is 2.27. The molecule has 1 N–H and O–H groups in total. The first-order valence-corrected chi connectivity index (χ1v) is 12.2. The van der Waals surface area contributed by atoms with Gasteiger partial charge in [0.2, 0.25) is 5.91 Å². The molecule has 40 heavy (non-hydrogen) atoms. The van der Waals surface area contributed by atoms with E-state index in [1.165, 1.54) is 35.8 Å². The molecule has 0 saturated carbocycles. The maximum atomic E-state index is 14.8. The molecule has 0 spiro atoms. The molecule has 0 radical (unpaired) electrons. The van der Waals surface area contributed by atoms with E-state index in [1.54, 1.807) is 24.3 Å². The summed E-state index contributed by atoms with van der Waals surface area (Å²) in [6.07, 6.45) is -5.57. The number of rotatable bonds is 5. The second-order valence-electron chi connectivity index (χ2n) is 9.02. The number of H-pyrrole nitrogens is 1. The Kier molecular flexibility index (Phi) is 7.96. The third-order valence-electron chi connectivity index (χ3n) is 6.47. The van der Waals surface area contributed by atoms with Crippen LogP contribution in [0.5, 0.6) is 0 Å². The van der Waals surface area contributed by atoms with Gasteiger partial charge < -0.3 is 9.80 Å². The highest BCUT2D eigenvalue weighted by Gasteiger charge is 2.46. The minimum atomic E-state index is -5.33. The normalized spacial score (nSPS) is 13.9. The van der Waals surface area contributed by atoms with Crippen molar-refractivity contribution in [3.05, 3.63) is 91.6 Å². The number of anilines is 1. The first-order valence-electron chi connectivity index (χ1n) is 11.8. The largest absolute Gasteiger partial charge is 0.498 e. The van der Waals surface area contributed by atoms with Crippen LogP contribution in [0.1, 0.15) is 32.7 Å². The molecule has 9 nitrogen and oxygen atoms in total. The molecular weight excluding hydrogens is 560 g/mol. The standard InChI is InChI=1S/C26H21ClF4N4O5/c1-14-15(2)23(37)32-35(40-25(39)26(29,30)31)21(14)12-16-7-8-19(28)17(11-16)24(38)33-9-10-34(22(36)13-33)20-6-4-3-5-18(20)27/h3-8,11H,9-10,12-13H2,1-2H3/p+1. The Labute approximate surface area is 229 Å². The third-order valence-corrected chi connectivity index (χ3v) is 6.79. The van der Waals surface area contributed by atoms with Crippen molar-refractivity contribution in [3.8, 4) is 0 Å². The van der Waals surface area contributed by atoms with E-state index in [-0.39, 0.29) is 54.0 Å². The highest BCUT2D eigenvalue weighted by molar-refractivity contribution is 6.33. The van der Waals surface area contributed by atoms with E-state index in [0.29, 0.717) is 15.6 Å². The molecule has 1 aliphatic rings. The van der Waals surface area contributed by atoms with Crippen LogP contribution >= 0.6 is 11.6 Å². The van der Waals surface area contributed by atoms with E-state index >= 15 is 0 Å². The van der Waals surface area contributed by atoms with E-state index < -0.39 is 35.3 Å². The lowest BCUT2D eigenvalue weighted by Gasteiger charge is -2.34. The van der Waals surface area contributed by atoms with Crippen molar-refractivity contribution in [2.75, 3.05) is 24.5 Å². The first-order chi connectivity index (χ1) is 18.8. The number of alkyl halides is 3. The number of nitrogens with one attached hydrogen (secondary N) is 1. The van der Waals surface area contributed by atoms with Crippen molar-refractivity contribution in [2.45, 2.75) is 26.4 Å². The van der Waals surface area contributed by atoms with Crippen LogP contribution in [-0.4, -0.2) is 53.6 Å². The van der Waals surface area contributed by atoms with Crippen molar-refractivity contribution in [2.24, 2.45) is 0 Å². The second-order valence-corrected chi connectivity index (χ2v) is 9.43. The molecule has 0 bridgehead atoms. The van der Waals surface area contributed by atoms with Crippen molar-refractivity contribution in [1.82, 2.24) is 10.00 Å². The van der Waals surface area contributed by atoms with Crippen molar-refractivity contribution in [1.29, 1.82) is 0 Å². The molecule has 2 heterocycles. The predicted molar refractivity (Wildman–Crippen MR) is 133 cm³/mol. The molecule has 2 aromatic carbocycles. The Morgan fingerprint density at radius 1 is 1.07 bits per heavy atom. The van der Waals surface area contributed by atoms with Crippen molar-refractivity contribution < 1.29 is 41.6 Å². The van der Waals surface area contributed by atoms with Gasteiger partial charge in [-0.05, 0) is 43.7 Å².